The van der Waals surface area contributed by atoms with E-state index in [4.69, 9.17) is 4.74 Å². The van der Waals surface area contributed by atoms with Gasteiger partial charge in [0.15, 0.2) is 0 Å². The number of nitrogens with one attached hydrogen (secondary N) is 1. The van der Waals surface area contributed by atoms with Gasteiger partial charge in [-0.3, -0.25) is 0 Å². The minimum Gasteiger partial charge on any atom is -0.378 e. The van der Waals surface area contributed by atoms with Crippen LogP contribution in [0.3, 0.4) is 0 Å². The van der Waals surface area contributed by atoms with Crippen LogP contribution in [0.4, 0.5) is 0 Å². The zero-order chi connectivity index (χ0) is 11.5. The van der Waals surface area contributed by atoms with E-state index in [0.717, 1.165) is 13.2 Å². The van der Waals surface area contributed by atoms with Crippen LogP contribution < -0.4 is 5.32 Å². The third-order valence-electron chi connectivity index (χ3n) is 3.05. The first-order valence-corrected chi connectivity index (χ1v) is 6.27. The van der Waals surface area contributed by atoms with Crippen molar-refractivity contribution in [3.63, 3.8) is 0 Å². The summed E-state index contributed by atoms with van der Waals surface area (Å²) in [6.07, 6.45) is 2.99. The molecule has 0 saturated carbocycles. The molecule has 2 unspecified atom stereocenters. The molecular weight excluding hydrogens is 186 g/mol. The van der Waals surface area contributed by atoms with E-state index < -0.39 is 0 Å². The lowest BCUT2D eigenvalue weighted by Gasteiger charge is -2.36. The van der Waals surface area contributed by atoms with Gasteiger partial charge in [-0.05, 0) is 45.4 Å². The van der Waals surface area contributed by atoms with E-state index in [9.17, 15) is 0 Å². The highest BCUT2D eigenvalue weighted by Crippen LogP contribution is 2.26. The van der Waals surface area contributed by atoms with Gasteiger partial charge < -0.3 is 10.1 Å². The number of hydrogen-bond donors (Lipinski definition) is 1. The van der Waals surface area contributed by atoms with Crippen molar-refractivity contribution in [2.45, 2.75) is 59.1 Å². The van der Waals surface area contributed by atoms with Crippen LogP contribution in [0.25, 0.3) is 0 Å². The quantitative estimate of drug-likeness (QED) is 0.778. The predicted molar refractivity (Wildman–Crippen MR) is 65.1 cm³/mol. The molecule has 2 heteroatoms. The first kappa shape index (κ1) is 13.0. The fourth-order valence-electron chi connectivity index (χ4n) is 2.26. The second-order valence-electron chi connectivity index (χ2n) is 6.11. The summed E-state index contributed by atoms with van der Waals surface area (Å²) in [7, 11) is 0. The Bertz CT molecular complexity index is 183. The van der Waals surface area contributed by atoms with E-state index in [0.29, 0.717) is 17.9 Å². The zero-order valence-electron chi connectivity index (χ0n) is 11.0. The first-order chi connectivity index (χ1) is 6.90. The topological polar surface area (TPSA) is 21.3 Å². The molecule has 1 aliphatic rings. The Kier molecular flexibility index (Phi) is 4.60. The predicted octanol–water partition coefficient (Wildman–Crippen LogP) is 2.83. The van der Waals surface area contributed by atoms with Crippen molar-refractivity contribution < 1.29 is 4.74 Å². The molecule has 1 aliphatic heterocycles. The molecule has 0 bridgehead atoms. The van der Waals surface area contributed by atoms with Crippen LogP contribution in [-0.2, 0) is 4.74 Å². The molecule has 2 atom stereocenters. The van der Waals surface area contributed by atoms with Crippen molar-refractivity contribution in [3.8, 4) is 0 Å². The Labute approximate surface area is 94.8 Å². The van der Waals surface area contributed by atoms with E-state index in [1.165, 1.54) is 12.8 Å². The maximum atomic E-state index is 5.88. The Morgan fingerprint density at radius 1 is 1.33 bits per heavy atom. The number of hydrogen-bond acceptors (Lipinski definition) is 2. The summed E-state index contributed by atoms with van der Waals surface area (Å²) in [5, 5.41) is 3.60. The first-order valence-electron chi connectivity index (χ1n) is 6.27. The second-order valence-corrected chi connectivity index (χ2v) is 6.11. The minimum atomic E-state index is 0.221. The van der Waals surface area contributed by atoms with Gasteiger partial charge in [0.05, 0.1) is 6.10 Å². The van der Waals surface area contributed by atoms with Crippen LogP contribution in [0.1, 0.15) is 47.5 Å². The Morgan fingerprint density at radius 2 is 2.00 bits per heavy atom. The summed E-state index contributed by atoms with van der Waals surface area (Å²) in [5.74, 6) is 1.33. The Balaban J connectivity index is 2.43. The maximum Gasteiger partial charge on any atom is 0.0638 e. The molecule has 1 heterocycles. The molecule has 1 saturated heterocycles. The summed E-state index contributed by atoms with van der Waals surface area (Å²) >= 11 is 0. The van der Waals surface area contributed by atoms with Gasteiger partial charge in [-0.1, -0.05) is 13.8 Å². The lowest BCUT2D eigenvalue weighted by atomic mass is 9.87. The van der Waals surface area contributed by atoms with Crippen molar-refractivity contribution in [2.24, 2.45) is 11.8 Å². The van der Waals surface area contributed by atoms with Crippen molar-refractivity contribution in [1.82, 2.24) is 5.32 Å². The van der Waals surface area contributed by atoms with Gasteiger partial charge in [0.2, 0.25) is 0 Å². The molecule has 0 aromatic heterocycles. The smallest absolute Gasteiger partial charge is 0.0638 e. The molecule has 90 valence electrons. The molecule has 1 N–H and O–H groups in total. The van der Waals surface area contributed by atoms with Crippen LogP contribution in [0, 0.1) is 11.8 Å². The summed E-state index contributed by atoms with van der Waals surface area (Å²) in [6.45, 7) is 13.2. The minimum absolute atomic E-state index is 0.221. The fourth-order valence-corrected chi connectivity index (χ4v) is 2.26. The highest BCUT2D eigenvalue weighted by atomic mass is 16.5. The highest BCUT2D eigenvalue weighted by molar-refractivity contribution is 4.81. The molecule has 0 aromatic carbocycles. The van der Waals surface area contributed by atoms with Gasteiger partial charge in [-0.2, -0.15) is 0 Å². The molecule has 15 heavy (non-hydrogen) atoms. The van der Waals surface area contributed by atoms with Gasteiger partial charge in [0.1, 0.15) is 0 Å². The molecule has 0 spiro atoms. The average Bonchev–Trinajstić information content (AvgIpc) is 2.14. The van der Waals surface area contributed by atoms with E-state index in [1.807, 2.05) is 0 Å². The summed E-state index contributed by atoms with van der Waals surface area (Å²) < 4.78 is 5.88. The van der Waals surface area contributed by atoms with Crippen LogP contribution in [0.5, 0.6) is 0 Å². The number of rotatable bonds is 3. The van der Waals surface area contributed by atoms with Crippen molar-refractivity contribution in [3.05, 3.63) is 0 Å². The molecule has 1 fully saturated rings. The van der Waals surface area contributed by atoms with E-state index in [-0.39, 0.29) is 5.54 Å². The normalized spacial score (nSPS) is 28.4. The highest BCUT2D eigenvalue weighted by Gasteiger charge is 2.29. The molecule has 0 radical (unpaired) electrons. The second kappa shape index (κ2) is 5.31. The van der Waals surface area contributed by atoms with Gasteiger partial charge in [-0.25, -0.2) is 0 Å². The largest absolute Gasteiger partial charge is 0.378 e. The summed E-state index contributed by atoms with van der Waals surface area (Å²) in [4.78, 5) is 0. The third-order valence-corrected chi connectivity index (χ3v) is 3.05. The third kappa shape index (κ3) is 4.52. The van der Waals surface area contributed by atoms with Gasteiger partial charge in [0.25, 0.3) is 0 Å². The van der Waals surface area contributed by atoms with Crippen LogP contribution in [0.15, 0.2) is 0 Å². The Morgan fingerprint density at radius 3 is 2.53 bits per heavy atom. The van der Waals surface area contributed by atoms with Crippen LogP contribution in [0.2, 0.25) is 0 Å². The molecule has 2 nitrogen and oxygen atoms in total. The maximum absolute atomic E-state index is 5.88. The van der Waals surface area contributed by atoms with Gasteiger partial charge in [0, 0.05) is 18.7 Å². The SMILES string of the molecule is CC(C)C1OCCCC1CNC(C)(C)C. The average molecular weight is 213 g/mol. The number of ether oxygens (including phenoxy) is 1. The summed E-state index contributed by atoms with van der Waals surface area (Å²) in [5.41, 5.74) is 0.221. The van der Waals surface area contributed by atoms with Gasteiger partial charge in [-0.15, -0.1) is 0 Å². The standard InChI is InChI=1S/C13H27NO/c1-10(2)12-11(7-6-8-15-12)9-14-13(3,4)5/h10-12,14H,6-9H2,1-5H3. The van der Waals surface area contributed by atoms with Crippen LogP contribution in [-0.4, -0.2) is 24.8 Å². The monoisotopic (exact) mass is 213 g/mol. The van der Waals surface area contributed by atoms with E-state index >= 15 is 0 Å². The van der Waals surface area contributed by atoms with Crippen molar-refractivity contribution >= 4 is 0 Å². The molecule has 0 aromatic rings. The summed E-state index contributed by atoms with van der Waals surface area (Å²) in [6, 6.07) is 0. The van der Waals surface area contributed by atoms with Crippen molar-refractivity contribution in [1.29, 1.82) is 0 Å². The van der Waals surface area contributed by atoms with Crippen molar-refractivity contribution in [2.75, 3.05) is 13.2 Å². The van der Waals surface area contributed by atoms with Gasteiger partial charge >= 0.3 is 0 Å². The molecule has 0 aliphatic carbocycles. The lowest BCUT2D eigenvalue weighted by Crippen LogP contribution is -2.45. The Hall–Kier alpha value is -0.0800. The lowest BCUT2D eigenvalue weighted by molar-refractivity contribution is -0.0528. The molecule has 1 rings (SSSR count). The van der Waals surface area contributed by atoms with E-state index in [1.54, 1.807) is 0 Å². The fraction of sp³-hybridized carbons (Fsp3) is 1.00. The molecule has 0 amide bonds. The zero-order valence-corrected chi connectivity index (χ0v) is 11.0. The molecular formula is C13H27NO. The van der Waals surface area contributed by atoms with E-state index in [2.05, 4.69) is 39.9 Å². The van der Waals surface area contributed by atoms with Crippen LogP contribution >= 0.6 is 0 Å².